The molecule has 2 atom stereocenters. The van der Waals surface area contributed by atoms with Gasteiger partial charge < -0.3 is 24.8 Å². The fraction of sp³-hybridized carbons (Fsp3) is 0.846. The van der Waals surface area contributed by atoms with E-state index in [0.29, 0.717) is 32.6 Å². The molecule has 2 amide bonds. The van der Waals surface area contributed by atoms with Gasteiger partial charge >= 0.3 is 0 Å². The second-order valence-electron chi connectivity index (χ2n) is 5.09. The van der Waals surface area contributed by atoms with E-state index < -0.39 is 0 Å². The molecule has 2 saturated heterocycles. The molecule has 0 aromatic rings. The molecule has 2 rings (SSSR count). The van der Waals surface area contributed by atoms with E-state index in [0.717, 1.165) is 6.42 Å². The van der Waals surface area contributed by atoms with Gasteiger partial charge in [0.2, 0.25) is 11.8 Å². The Morgan fingerprint density at radius 2 is 2.40 bits per heavy atom. The van der Waals surface area contributed by atoms with Crippen molar-refractivity contribution in [2.24, 2.45) is 0 Å². The Kier molecular flexibility index (Phi) is 5.75. The third kappa shape index (κ3) is 4.16. The summed E-state index contributed by atoms with van der Waals surface area (Å²) in [7, 11) is 0. The quantitative estimate of drug-likeness (QED) is 0.646. The number of likely N-dealkylation sites (tertiary alicyclic amines) is 1. The lowest BCUT2D eigenvalue weighted by Crippen LogP contribution is -2.53. The third-order valence-electron chi connectivity index (χ3n) is 3.57. The zero-order chi connectivity index (χ0) is 14.4. The lowest BCUT2D eigenvalue weighted by Gasteiger charge is -2.32. The van der Waals surface area contributed by atoms with Crippen molar-refractivity contribution < 1.29 is 24.2 Å². The van der Waals surface area contributed by atoms with Crippen LogP contribution in [0.25, 0.3) is 0 Å². The highest BCUT2D eigenvalue weighted by Crippen LogP contribution is 2.13. The molecule has 2 aliphatic heterocycles. The normalized spacial score (nSPS) is 26.9. The Morgan fingerprint density at radius 1 is 1.55 bits per heavy atom. The molecular weight excluding hydrogens is 264 g/mol. The first-order chi connectivity index (χ1) is 9.70. The van der Waals surface area contributed by atoms with E-state index in [2.05, 4.69) is 5.32 Å². The van der Waals surface area contributed by atoms with Gasteiger partial charge in [0, 0.05) is 19.6 Å². The molecule has 0 unspecified atom stereocenters. The largest absolute Gasteiger partial charge is 0.394 e. The first-order valence-electron chi connectivity index (χ1n) is 7.08. The smallest absolute Gasteiger partial charge is 0.240 e. The summed E-state index contributed by atoms with van der Waals surface area (Å²) >= 11 is 0. The van der Waals surface area contributed by atoms with E-state index in [1.807, 2.05) is 0 Å². The predicted molar refractivity (Wildman–Crippen MR) is 70.0 cm³/mol. The zero-order valence-corrected chi connectivity index (χ0v) is 11.5. The van der Waals surface area contributed by atoms with Crippen molar-refractivity contribution in [3.05, 3.63) is 0 Å². The Bertz CT molecular complexity index is 350. The Hall–Kier alpha value is -1.18. The topological polar surface area (TPSA) is 88.1 Å². The number of nitrogens with zero attached hydrogens (tertiary/aromatic N) is 1. The summed E-state index contributed by atoms with van der Waals surface area (Å²) in [6, 6.07) is -0.222. The molecule has 0 spiro atoms. The zero-order valence-electron chi connectivity index (χ0n) is 11.5. The van der Waals surface area contributed by atoms with Gasteiger partial charge in [0.05, 0.1) is 38.5 Å². The lowest BCUT2D eigenvalue weighted by molar-refractivity contribution is -0.135. The molecule has 0 saturated carbocycles. The van der Waals surface area contributed by atoms with Crippen LogP contribution in [0.2, 0.25) is 0 Å². The van der Waals surface area contributed by atoms with Gasteiger partial charge in [-0.3, -0.25) is 9.59 Å². The van der Waals surface area contributed by atoms with Crippen molar-refractivity contribution in [1.29, 1.82) is 0 Å². The van der Waals surface area contributed by atoms with Crippen LogP contribution in [0.4, 0.5) is 0 Å². The number of aliphatic hydroxyl groups is 1. The molecule has 114 valence electrons. The predicted octanol–water partition coefficient (Wildman–Crippen LogP) is -1.11. The first kappa shape index (κ1) is 15.2. The van der Waals surface area contributed by atoms with Crippen molar-refractivity contribution in [3.8, 4) is 0 Å². The number of carbonyl (C=O) groups is 2. The van der Waals surface area contributed by atoms with E-state index >= 15 is 0 Å². The Balaban J connectivity index is 1.79. The molecule has 2 heterocycles. The van der Waals surface area contributed by atoms with Gasteiger partial charge in [-0.05, 0) is 12.8 Å². The number of hydrogen-bond donors (Lipinski definition) is 2. The number of carbonyl (C=O) groups excluding carboxylic acids is 2. The summed E-state index contributed by atoms with van der Waals surface area (Å²) in [4.78, 5) is 25.0. The summed E-state index contributed by atoms with van der Waals surface area (Å²) in [5, 5.41) is 11.7. The van der Waals surface area contributed by atoms with Crippen LogP contribution in [0, 0.1) is 0 Å². The van der Waals surface area contributed by atoms with Crippen LogP contribution in [0.15, 0.2) is 0 Å². The number of nitrogens with one attached hydrogen (secondary N) is 1. The van der Waals surface area contributed by atoms with Crippen molar-refractivity contribution in [1.82, 2.24) is 10.2 Å². The van der Waals surface area contributed by atoms with Crippen LogP contribution >= 0.6 is 0 Å². The van der Waals surface area contributed by atoms with Gasteiger partial charge in [-0.1, -0.05) is 0 Å². The monoisotopic (exact) mass is 286 g/mol. The van der Waals surface area contributed by atoms with Gasteiger partial charge in [-0.25, -0.2) is 0 Å². The standard InChI is InChI=1S/C13H22N2O5/c16-5-7-20-11-3-6-19-9-10(11)14-12(17)8-15-4-1-2-13(15)18/h10-11,16H,1-9H2,(H,14,17)/t10-,11+/m1/s1. The van der Waals surface area contributed by atoms with Crippen LogP contribution < -0.4 is 5.32 Å². The van der Waals surface area contributed by atoms with Gasteiger partial charge in [0.25, 0.3) is 0 Å². The van der Waals surface area contributed by atoms with Crippen LogP contribution in [-0.2, 0) is 19.1 Å². The van der Waals surface area contributed by atoms with Crippen molar-refractivity contribution >= 4 is 11.8 Å². The number of ether oxygens (including phenoxy) is 2. The fourth-order valence-corrected chi connectivity index (χ4v) is 2.55. The molecule has 2 fully saturated rings. The first-order valence-corrected chi connectivity index (χ1v) is 7.08. The minimum Gasteiger partial charge on any atom is -0.394 e. The number of amides is 2. The third-order valence-corrected chi connectivity index (χ3v) is 3.57. The van der Waals surface area contributed by atoms with E-state index in [4.69, 9.17) is 14.6 Å². The van der Waals surface area contributed by atoms with Gasteiger partial charge in [-0.2, -0.15) is 0 Å². The van der Waals surface area contributed by atoms with E-state index in [9.17, 15) is 9.59 Å². The molecule has 7 heteroatoms. The van der Waals surface area contributed by atoms with Crippen LogP contribution in [0.5, 0.6) is 0 Å². The second kappa shape index (κ2) is 7.56. The highest BCUT2D eigenvalue weighted by atomic mass is 16.5. The maximum Gasteiger partial charge on any atom is 0.240 e. The average molecular weight is 286 g/mol. The molecule has 0 radical (unpaired) electrons. The molecule has 0 aromatic carbocycles. The van der Waals surface area contributed by atoms with Crippen molar-refractivity contribution in [3.63, 3.8) is 0 Å². The van der Waals surface area contributed by atoms with E-state index in [1.54, 1.807) is 4.90 Å². The maximum absolute atomic E-state index is 12.0. The summed E-state index contributed by atoms with van der Waals surface area (Å²) in [6.07, 6.45) is 1.89. The number of rotatable bonds is 6. The minimum atomic E-state index is -0.222. The van der Waals surface area contributed by atoms with Gasteiger partial charge in [-0.15, -0.1) is 0 Å². The van der Waals surface area contributed by atoms with Gasteiger partial charge in [0.1, 0.15) is 0 Å². The molecule has 0 aliphatic carbocycles. The van der Waals surface area contributed by atoms with Crippen LogP contribution in [0.1, 0.15) is 19.3 Å². The Labute approximate surface area is 118 Å². The van der Waals surface area contributed by atoms with Crippen LogP contribution in [0.3, 0.4) is 0 Å². The molecule has 20 heavy (non-hydrogen) atoms. The van der Waals surface area contributed by atoms with Gasteiger partial charge in [0.15, 0.2) is 0 Å². The maximum atomic E-state index is 12.0. The second-order valence-corrected chi connectivity index (χ2v) is 5.09. The molecule has 0 bridgehead atoms. The fourth-order valence-electron chi connectivity index (χ4n) is 2.55. The summed E-state index contributed by atoms with van der Waals surface area (Å²) < 4.78 is 10.9. The van der Waals surface area contributed by atoms with Crippen molar-refractivity contribution in [2.45, 2.75) is 31.4 Å². The lowest BCUT2D eigenvalue weighted by atomic mass is 10.1. The van der Waals surface area contributed by atoms with E-state index in [1.165, 1.54) is 0 Å². The SMILES string of the molecule is O=C(CN1CCCC1=O)N[C@@H]1COCC[C@@H]1OCCO. The average Bonchev–Trinajstić information content (AvgIpc) is 2.83. The molecule has 2 N–H and O–H groups in total. The number of hydrogen-bond acceptors (Lipinski definition) is 5. The number of aliphatic hydroxyl groups excluding tert-OH is 1. The highest BCUT2D eigenvalue weighted by Gasteiger charge is 2.29. The highest BCUT2D eigenvalue weighted by molar-refractivity contribution is 5.86. The van der Waals surface area contributed by atoms with Crippen LogP contribution in [-0.4, -0.2) is 73.5 Å². The summed E-state index contributed by atoms with van der Waals surface area (Å²) in [5.41, 5.74) is 0. The molecule has 7 nitrogen and oxygen atoms in total. The minimum absolute atomic E-state index is 0.0353. The summed E-state index contributed by atoms with van der Waals surface area (Å²) in [5.74, 6) is -0.151. The summed E-state index contributed by atoms with van der Waals surface area (Å²) in [6.45, 7) is 1.95. The van der Waals surface area contributed by atoms with E-state index in [-0.39, 0.29) is 43.7 Å². The molecular formula is C13H22N2O5. The molecule has 0 aromatic heterocycles. The Morgan fingerprint density at radius 3 is 3.10 bits per heavy atom. The van der Waals surface area contributed by atoms with Crippen molar-refractivity contribution in [2.75, 3.05) is 39.5 Å². The molecule has 2 aliphatic rings.